The second kappa shape index (κ2) is 7.20. The molecule has 1 rings (SSSR count). The molecule has 0 radical (unpaired) electrons. The lowest BCUT2D eigenvalue weighted by Gasteiger charge is -2.28. The predicted molar refractivity (Wildman–Crippen MR) is 64.2 cm³/mol. The minimum absolute atomic E-state index is 0.753. The van der Waals surface area contributed by atoms with Crippen molar-refractivity contribution in [2.75, 3.05) is 40.9 Å². The summed E-state index contributed by atoms with van der Waals surface area (Å²) in [6, 6.07) is 0.753. The summed E-state index contributed by atoms with van der Waals surface area (Å²) in [6.07, 6.45) is 5.29. The largest absolute Gasteiger partial charge is 0.380 e. The standard InChI is InChI=1S/C12H26N2O/c1-13-12-6-4-11(5-7-12)10-15-9-8-14(2)3/h11-13H,4-10H2,1-3H3. The average Bonchev–Trinajstić information content (AvgIpc) is 2.25. The second-order valence-electron chi connectivity index (χ2n) is 4.88. The van der Waals surface area contributed by atoms with Crippen LogP contribution in [0.4, 0.5) is 0 Å². The number of nitrogens with zero attached hydrogens (tertiary/aromatic N) is 1. The molecule has 1 aliphatic carbocycles. The number of nitrogens with one attached hydrogen (secondary N) is 1. The zero-order chi connectivity index (χ0) is 11.1. The molecule has 0 spiro atoms. The number of hydrogen-bond acceptors (Lipinski definition) is 3. The molecule has 0 aliphatic heterocycles. The van der Waals surface area contributed by atoms with E-state index >= 15 is 0 Å². The van der Waals surface area contributed by atoms with E-state index in [4.69, 9.17) is 4.74 Å². The first-order valence-electron chi connectivity index (χ1n) is 6.12. The maximum Gasteiger partial charge on any atom is 0.0593 e. The van der Waals surface area contributed by atoms with Gasteiger partial charge >= 0.3 is 0 Å². The lowest BCUT2D eigenvalue weighted by Crippen LogP contribution is -2.31. The maximum absolute atomic E-state index is 5.69. The van der Waals surface area contributed by atoms with Gasteiger partial charge in [-0.3, -0.25) is 0 Å². The van der Waals surface area contributed by atoms with Crippen LogP contribution in [0.5, 0.6) is 0 Å². The zero-order valence-electron chi connectivity index (χ0n) is 10.5. The summed E-state index contributed by atoms with van der Waals surface area (Å²) >= 11 is 0. The van der Waals surface area contributed by atoms with Gasteiger partial charge in [0.25, 0.3) is 0 Å². The van der Waals surface area contributed by atoms with Crippen LogP contribution in [0.25, 0.3) is 0 Å². The van der Waals surface area contributed by atoms with E-state index in [0.717, 1.165) is 31.7 Å². The molecule has 15 heavy (non-hydrogen) atoms. The monoisotopic (exact) mass is 214 g/mol. The lowest BCUT2D eigenvalue weighted by atomic mass is 9.87. The van der Waals surface area contributed by atoms with E-state index < -0.39 is 0 Å². The van der Waals surface area contributed by atoms with Gasteiger partial charge in [0, 0.05) is 19.2 Å². The Labute approximate surface area is 94.2 Å². The highest BCUT2D eigenvalue weighted by molar-refractivity contribution is 4.75. The van der Waals surface area contributed by atoms with Crippen LogP contribution >= 0.6 is 0 Å². The van der Waals surface area contributed by atoms with E-state index in [1.165, 1.54) is 25.7 Å². The van der Waals surface area contributed by atoms with Gasteiger partial charge in [0.05, 0.1) is 6.61 Å². The van der Waals surface area contributed by atoms with Crippen LogP contribution < -0.4 is 5.32 Å². The summed E-state index contributed by atoms with van der Waals surface area (Å²) in [4.78, 5) is 2.16. The molecule has 1 saturated carbocycles. The van der Waals surface area contributed by atoms with Crippen LogP contribution in [0.1, 0.15) is 25.7 Å². The molecule has 0 aromatic rings. The van der Waals surface area contributed by atoms with Crippen molar-refractivity contribution in [2.45, 2.75) is 31.7 Å². The molecule has 1 aliphatic rings. The number of ether oxygens (including phenoxy) is 1. The molecule has 0 heterocycles. The van der Waals surface area contributed by atoms with Crippen LogP contribution in [0.3, 0.4) is 0 Å². The molecule has 0 bridgehead atoms. The van der Waals surface area contributed by atoms with Gasteiger partial charge in [-0.25, -0.2) is 0 Å². The quantitative estimate of drug-likeness (QED) is 0.675. The third-order valence-electron chi connectivity index (χ3n) is 3.29. The molecule has 0 aromatic heterocycles. The Morgan fingerprint density at radius 3 is 2.40 bits per heavy atom. The van der Waals surface area contributed by atoms with Gasteiger partial charge in [-0.15, -0.1) is 0 Å². The van der Waals surface area contributed by atoms with Crippen LogP contribution in [0, 0.1) is 5.92 Å². The Kier molecular flexibility index (Phi) is 6.22. The highest BCUT2D eigenvalue weighted by Gasteiger charge is 2.19. The summed E-state index contributed by atoms with van der Waals surface area (Å²) in [5.74, 6) is 0.803. The topological polar surface area (TPSA) is 24.5 Å². The predicted octanol–water partition coefficient (Wildman–Crippen LogP) is 1.34. The normalized spacial score (nSPS) is 27.2. The summed E-state index contributed by atoms with van der Waals surface area (Å²) in [5, 5.41) is 3.36. The van der Waals surface area contributed by atoms with E-state index in [1.807, 2.05) is 0 Å². The molecular formula is C12H26N2O. The fourth-order valence-corrected chi connectivity index (χ4v) is 2.11. The van der Waals surface area contributed by atoms with Crippen LogP contribution in [-0.4, -0.2) is 51.8 Å². The molecule has 3 nitrogen and oxygen atoms in total. The Bertz CT molecular complexity index is 154. The summed E-state index contributed by atoms with van der Waals surface area (Å²) in [5.41, 5.74) is 0. The van der Waals surface area contributed by atoms with E-state index in [-0.39, 0.29) is 0 Å². The number of rotatable bonds is 6. The molecule has 3 heteroatoms. The van der Waals surface area contributed by atoms with Crippen molar-refractivity contribution >= 4 is 0 Å². The Morgan fingerprint density at radius 1 is 1.20 bits per heavy atom. The number of likely N-dealkylation sites (N-methyl/N-ethyl adjacent to an activating group) is 1. The second-order valence-corrected chi connectivity index (χ2v) is 4.88. The van der Waals surface area contributed by atoms with Crippen LogP contribution in [0.15, 0.2) is 0 Å². The molecular weight excluding hydrogens is 188 g/mol. The molecule has 0 saturated heterocycles. The molecule has 0 atom stereocenters. The molecule has 1 N–H and O–H groups in total. The summed E-state index contributed by atoms with van der Waals surface area (Å²) in [7, 11) is 6.24. The van der Waals surface area contributed by atoms with E-state index in [2.05, 4.69) is 31.4 Å². The van der Waals surface area contributed by atoms with Crippen LogP contribution in [0.2, 0.25) is 0 Å². The van der Waals surface area contributed by atoms with Gasteiger partial charge in [0.2, 0.25) is 0 Å². The number of hydrogen-bond donors (Lipinski definition) is 1. The van der Waals surface area contributed by atoms with Crippen molar-refractivity contribution in [2.24, 2.45) is 5.92 Å². The van der Waals surface area contributed by atoms with Crippen molar-refractivity contribution in [3.63, 3.8) is 0 Å². The first-order chi connectivity index (χ1) is 7.22. The maximum atomic E-state index is 5.69. The van der Waals surface area contributed by atoms with Gasteiger partial charge < -0.3 is 15.0 Å². The smallest absolute Gasteiger partial charge is 0.0593 e. The van der Waals surface area contributed by atoms with E-state index in [1.54, 1.807) is 0 Å². The molecule has 1 fully saturated rings. The zero-order valence-corrected chi connectivity index (χ0v) is 10.5. The minimum atomic E-state index is 0.753. The Balaban J connectivity index is 1.99. The highest BCUT2D eigenvalue weighted by Crippen LogP contribution is 2.24. The molecule has 0 aromatic carbocycles. The average molecular weight is 214 g/mol. The fourth-order valence-electron chi connectivity index (χ4n) is 2.11. The van der Waals surface area contributed by atoms with Crippen molar-refractivity contribution < 1.29 is 4.74 Å². The minimum Gasteiger partial charge on any atom is -0.380 e. The fraction of sp³-hybridized carbons (Fsp3) is 1.00. The first kappa shape index (κ1) is 12.9. The van der Waals surface area contributed by atoms with Crippen molar-refractivity contribution in [3.8, 4) is 0 Å². The SMILES string of the molecule is CNC1CCC(COCCN(C)C)CC1. The van der Waals surface area contributed by atoms with Gasteiger partial charge in [-0.05, 0) is 52.7 Å². The molecule has 0 amide bonds. The van der Waals surface area contributed by atoms with E-state index in [9.17, 15) is 0 Å². The van der Waals surface area contributed by atoms with Crippen molar-refractivity contribution in [1.82, 2.24) is 10.2 Å². The molecule has 90 valence electrons. The first-order valence-corrected chi connectivity index (χ1v) is 6.12. The highest BCUT2D eigenvalue weighted by atomic mass is 16.5. The van der Waals surface area contributed by atoms with Crippen molar-refractivity contribution in [1.29, 1.82) is 0 Å². The third-order valence-corrected chi connectivity index (χ3v) is 3.29. The summed E-state index contributed by atoms with van der Waals surface area (Å²) < 4.78 is 5.69. The van der Waals surface area contributed by atoms with Gasteiger partial charge in [-0.2, -0.15) is 0 Å². The van der Waals surface area contributed by atoms with Gasteiger partial charge in [-0.1, -0.05) is 0 Å². The molecule has 0 unspecified atom stereocenters. The van der Waals surface area contributed by atoms with E-state index in [0.29, 0.717) is 0 Å². The Hall–Kier alpha value is -0.120. The Morgan fingerprint density at radius 2 is 1.87 bits per heavy atom. The summed E-state index contributed by atoms with van der Waals surface area (Å²) in [6.45, 7) is 2.87. The lowest BCUT2D eigenvalue weighted by molar-refractivity contribution is 0.0718. The van der Waals surface area contributed by atoms with Crippen molar-refractivity contribution in [3.05, 3.63) is 0 Å². The van der Waals surface area contributed by atoms with Crippen LogP contribution in [-0.2, 0) is 4.74 Å². The third kappa shape index (κ3) is 5.50. The van der Waals surface area contributed by atoms with Gasteiger partial charge in [0.15, 0.2) is 0 Å². The van der Waals surface area contributed by atoms with Gasteiger partial charge in [0.1, 0.15) is 0 Å².